The fourth-order valence-electron chi connectivity index (χ4n) is 2.31. The van der Waals surface area contributed by atoms with Gasteiger partial charge in [0.2, 0.25) is 0 Å². The zero-order valence-corrected chi connectivity index (χ0v) is 11.9. The molecule has 4 rings (SSSR count). The highest BCUT2D eigenvalue weighted by atomic mass is 32.2. The SMILES string of the molecule is O=c1[nH]c(=O)c2[nH]c(-c3cc4c(s3)CCSC4)nc2[nH]1. The van der Waals surface area contributed by atoms with E-state index in [4.69, 9.17) is 0 Å². The Kier molecular flexibility index (Phi) is 2.61. The number of nitrogens with one attached hydrogen (secondary N) is 3. The number of fused-ring (bicyclic) bond motifs is 2. The van der Waals surface area contributed by atoms with Gasteiger partial charge in [-0.05, 0) is 23.8 Å². The predicted octanol–water partition coefficient (Wildman–Crippen LogP) is 1.46. The number of rotatable bonds is 1. The lowest BCUT2D eigenvalue weighted by atomic mass is 10.2. The summed E-state index contributed by atoms with van der Waals surface area (Å²) >= 11 is 3.63. The highest BCUT2D eigenvalue weighted by Crippen LogP contribution is 2.36. The first-order valence-corrected chi connectivity index (χ1v) is 8.10. The standard InChI is InChI=1S/C12H10N4O2S2/c17-11-8-10(15-12(18)16-11)14-9(13-8)7-3-5-4-19-2-1-6(5)20-7/h3H,1-2,4H2,(H3,13,14,15,16,17,18). The number of thioether (sulfide) groups is 1. The van der Waals surface area contributed by atoms with Crippen molar-refractivity contribution in [1.29, 1.82) is 0 Å². The van der Waals surface area contributed by atoms with Gasteiger partial charge in [-0.15, -0.1) is 11.3 Å². The molecule has 0 radical (unpaired) electrons. The molecule has 0 saturated carbocycles. The number of hydrogen-bond donors (Lipinski definition) is 3. The minimum Gasteiger partial charge on any atom is -0.331 e. The molecule has 0 aromatic carbocycles. The maximum absolute atomic E-state index is 11.7. The van der Waals surface area contributed by atoms with Gasteiger partial charge in [-0.3, -0.25) is 14.8 Å². The molecule has 102 valence electrons. The number of nitrogens with zero attached hydrogens (tertiary/aromatic N) is 1. The fourth-order valence-corrected chi connectivity index (χ4v) is 4.63. The molecular formula is C12H10N4O2S2. The van der Waals surface area contributed by atoms with E-state index >= 15 is 0 Å². The molecule has 6 nitrogen and oxygen atoms in total. The minimum atomic E-state index is -0.539. The molecule has 0 fully saturated rings. The molecule has 4 heterocycles. The number of aromatic nitrogens is 4. The predicted molar refractivity (Wildman–Crippen MR) is 80.5 cm³/mol. The van der Waals surface area contributed by atoms with Crippen LogP contribution in [-0.4, -0.2) is 25.7 Å². The number of thiophene rings is 1. The average Bonchev–Trinajstić information content (AvgIpc) is 3.01. The van der Waals surface area contributed by atoms with E-state index < -0.39 is 11.2 Å². The number of imidazole rings is 1. The van der Waals surface area contributed by atoms with Crippen molar-refractivity contribution in [3.8, 4) is 10.7 Å². The lowest BCUT2D eigenvalue weighted by Gasteiger charge is -2.08. The van der Waals surface area contributed by atoms with Gasteiger partial charge in [0.1, 0.15) is 5.52 Å². The van der Waals surface area contributed by atoms with Gasteiger partial charge in [0.25, 0.3) is 5.56 Å². The number of H-pyrrole nitrogens is 3. The summed E-state index contributed by atoms with van der Waals surface area (Å²) in [6.45, 7) is 0. The van der Waals surface area contributed by atoms with Gasteiger partial charge in [0.05, 0.1) is 4.88 Å². The minimum absolute atomic E-state index is 0.300. The Bertz CT molecular complexity index is 894. The maximum Gasteiger partial charge on any atom is 0.327 e. The van der Waals surface area contributed by atoms with Crippen LogP contribution in [0.4, 0.5) is 0 Å². The Balaban J connectivity index is 1.90. The molecule has 0 unspecified atom stereocenters. The van der Waals surface area contributed by atoms with Crippen molar-refractivity contribution in [1.82, 2.24) is 19.9 Å². The maximum atomic E-state index is 11.7. The Morgan fingerprint density at radius 1 is 1.20 bits per heavy atom. The molecule has 3 aromatic rings. The van der Waals surface area contributed by atoms with E-state index in [9.17, 15) is 9.59 Å². The molecule has 20 heavy (non-hydrogen) atoms. The Hall–Kier alpha value is -1.80. The van der Waals surface area contributed by atoms with Crippen molar-refractivity contribution in [3.05, 3.63) is 37.3 Å². The summed E-state index contributed by atoms with van der Waals surface area (Å²) in [5, 5.41) is 0. The van der Waals surface area contributed by atoms with E-state index in [0.29, 0.717) is 17.0 Å². The molecule has 1 aliphatic rings. The second-order valence-corrected chi connectivity index (χ2v) is 6.82. The zero-order chi connectivity index (χ0) is 13.7. The lowest BCUT2D eigenvalue weighted by molar-refractivity contribution is 1.07. The third kappa shape index (κ3) is 1.83. The molecule has 8 heteroatoms. The van der Waals surface area contributed by atoms with Gasteiger partial charge in [0.15, 0.2) is 11.5 Å². The van der Waals surface area contributed by atoms with Gasteiger partial charge >= 0.3 is 5.69 Å². The van der Waals surface area contributed by atoms with Crippen LogP contribution in [0.3, 0.4) is 0 Å². The third-order valence-electron chi connectivity index (χ3n) is 3.25. The van der Waals surface area contributed by atoms with Gasteiger partial charge in [0, 0.05) is 10.6 Å². The van der Waals surface area contributed by atoms with Crippen LogP contribution in [0.2, 0.25) is 0 Å². The molecule has 0 saturated heterocycles. The van der Waals surface area contributed by atoms with E-state index in [0.717, 1.165) is 22.8 Å². The Labute approximate surface area is 120 Å². The van der Waals surface area contributed by atoms with E-state index in [-0.39, 0.29) is 0 Å². The van der Waals surface area contributed by atoms with E-state index in [2.05, 4.69) is 26.0 Å². The van der Waals surface area contributed by atoms with Crippen molar-refractivity contribution in [2.45, 2.75) is 12.2 Å². The molecule has 0 atom stereocenters. The van der Waals surface area contributed by atoms with Gasteiger partial charge in [-0.25, -0.2) is 9.78 Å². The highest BCUT2D eigenvalue weighted by Gasteiger charge is 2.17. The van der Waals surface area contributed by atoms with Crippen molar-refractivity contribution < 1.29 is 0 Å². The van der Waals surface area contributed by atoms with Crippen LogP contribution in [0.1, 0.15) is 10.4 Å². The highest BCUT2D eigenvalue weighted by molar-refractivity contribution is 7.98. The van der Waals surface area contributed by atoms with Crippen LogP contribution < -0.4 is 11.2 Å². The quantitative estimate of drug-likeness (QED) is 0.634. The summed E-state index contributed by atoms with van der Waals surface area (Å²) in [7, 11) is 0. The van der Waals surface area contributed by atoms with Crippen LogP contribution in [0.5, 0.6) is 0 Å². The topological polar surface area (TPSA) is 94.4 Å². The molecular weight excluding hydrogens is 296 g/mol. The molecule has 0 spiro atoms. The number of aryl methyl sites for hydroxylation is 1. The first-order chi connectivity index (χ1) is 9.70. The number of aromatic amines is 3. The fraction of sp³-hybridized carbons (Fsp3) is 0.250. The van der Waals surface area contributed by atoms with Gasteiger partial charge in [-0.2, -0.15) is 11.8 Å². The normalized spacial score (nSPS) is 14.6. The van der Waals surface area contributed by atoms with Crippen LogP contribution >= 0.6 is 23.1 Å². The van der Waals surface area contributed by atoms with E-state index in [1.807, 2.05) is 11.8 Å². The monoisotopic (exact) mass is 306 g/mol. The smallest absolute Gasteiger partial charge is 0.327 e. The summed E-state index contributed by atoms with van der Waals surface area (Å²) < 4.78 is 0. The van der Waals surface area contributed by atoms with Crippen molar-refractivity contribution in [2.75, 3.05) is 5.75 Å². The van der Waals surface area contributed by atoms with Crippen LogP contribution in [0, 0.1) is 0 Å². The summed E-state index contributed by atoms with van der Waals surface area (Å²) in [6, 6.07) is 2.12. The zero-order valence-electron chi connectivity index (χ0n) is 10.3. The number of hydrogen-bond acceptors (Lipinski definition) is 5. The molecule has 1 aliphatic heterocycles. The largest absolute Gasteiger partial charge is 0.331 e. The molecule has 3 N–H and O–H groups in total. The molecule has 0 bridgehead atoms. The second kappa shape index (κ2) is 4.35. The van der Waals surface area contributed by atoms with Crippen molar-refractivity contribution in [3.63, 3.8) is 0 Å². The molecule has 0 amide bonds. The molecule has 0 aliphatic carbocycles. The summed E-state index contributed by atoms with van der Waals surface area (Å²) in [4.78, 5) is 37.4. The van der Waals surface area contributed by atoms with Gasteiger partial charge in [-0.1, -0.05) is 0 Å². The third-order valence-corrected chi connectivity index (χ3v) is 5.50. The average molecular weight is 306 g/mol. The summed E-state index contributed by atoms with van der Waals surface area (Å²) in [6.07, 6.45) is 1.09. The lowest BCUT2D eigenvalue weighted by Crippen LogP contribution is -2.21. The Morgan fingerprint density at radius 2 is 2.10 bits per heavy atom. The van der Waals surface area contributed by atoms with Crippen molar-refractivity contribution in [2.24, 2.45) is 0 Å². The molecule has 3 aromatic heterocycles. The summed E-state index contributed by atoms with van der Waals surface area (Å²) in [5.74, 6) is 2.82. The van der Waals surface area contributed by atoms with Crippen molar-refractivity contribution >= 4 is 34.3 Å². The van der Waals surface area contributed by atoms with E-state index in [1.165, 1.54) is 10.4 Å². The van der Waals surface area contributed by atoms with Gasteiger partial charge < -0.3 is 4.98 Å². The van der Waals surface area contributed by atoms with E-state index in [1.54, 1.807) is 11.3 Å². The second-order valence-electron chi connectivity index (χ2n) is 4.58. The first kappa shape index (κ1) is 12.0. The summed E-state index contributed by atoms with van der Waals surface area (Å²) in [5.41, 5.74) is 0.973. The Morgan fingerprint density at radius 3 is 2.95 bits per heavy atom. The van der Waals surface area contributed by atoms with Crippen LogP contribution in [0.15, 0.2) is 15.7 Å². The van der Waals surface area contributed by atoms with Crippen LogP contribution in [-0.2, 0) is 12.2 Å². The first-order valence-electron chi connectivity index (χ1n) is 6.13. The van der Waals surface area contributed by atoms with Crippen LogP contribution in [0.25, 0.3) is 21.9 Å².